The number of hydrogen-bond donors (Lipinski definition) is 0. The van der Waals surface area contributed by atoms with Crippen molar-refractivity contribution in [2.24, 2.45) is 0 Å². The number of aromatic nitrogens is 1. The minimum absolute atomic E-state index is 0.104. The quantitative estimate of drug-likeness (QED) is 0.199. The van der Waals surface area contributed by atoms with E-state index in [1.54, 1.807) is 0 Å². The van der Waals surface area contributed by atoms with Crippen LogP contribution in [-0.2, 0) is 0 Å². The Morgan fingerprint density at radius 3 is 1.09 bits per heavy atom. The van der Waals surface area contributed by atoms with Crippen LogP contribution in [0.1, 0.15) is 0 Å². The van der Waals surface area contributed by atoms with E-state index in [0.29, 0.717) is 0 Å². The number of nitrogens with zero attached hydrogens (tertiary/aromatic N) is 1. The number of hydrogen-bond acceptors (Lipinski definition) is 1. The van der Waals surface area contributed by atoms with Crippen molar-refractivity contribution in [1.82, 2.24) is 4.98 Å². The van der Waals surface area contributed by atoms with Gasteiger partial charge in [-0.25, -0.2) is 4.98 Å². The molecule has 7 aromatic rings. The first-order valence-electron chi connectivity index (χ1n) is 14.8. The molecule has 0 unspecified atom stereocenters. The van der Waals surface area contributed by atoms with E-state index in [4.69, 9.17) is 4.98 Å². The molecule has 0 saturated heterocycles. The predicted octanol–water partition coefficient (Wildman–Crippen LogP) is 8.25. The topological polar surface area (TPSA) is 12.9 Å². The molecular weight excluding hydrogens is 517 g/mol. The molecule has 0 atom stereocenters. The second kappa shape index (κ2) is 10.7. The van der Waals surface area contributed by atoms with E-state index < -0.39 is 0 Å². The Bertz CT molecular complexity index is 1910. The van der Waals surface area contributed by atoms with Gasteiger partial charge < -0.3 is 0 Å². The first-order valence-corrected chi connectivity index (χ1v) is 14.8. The fraction of sp³-hybridized carbons (Fsp3) is 0. The summed E-state index contributed by atoms with van der Waals surface area (Å²) in [5, 5.41) is 0. The highest BCUT2D eigenvalue weighted by atomic mass is 14.7. The van der Waals surface area contributed by atoms with E-state index in [1.165, 1.54) is 49.8 Å². The van der Waals surface area contributed by atoms with Gasteiger partial charge in [0.25, 0.3) is 0 Å². The number of rotatable bonds is 5. The summed E-state index contributed by atoms with van der Waals surface area (Å²) in [6, 6.07) is 61.0. The zero-order chi connectivity index (χ0) is 28.6. The Labute approximate surface area is 253 Å². The van der Waals surface area contributed by atoms with E-state index in [1.807, 2.05) is 0 Å². The Kier molecular flexibility index (Phi) is 6.31. The monoisotopic (exact) mass is 545 g/mol. The van der Waals surface area contributed by atoms with Crippen molar-refractivity contribution < 1.29 is 0 Å². The average Bonchev–Trinajstić information content (AvgIpc) is 3.42. The highest BCUT2D eigenvalue weighted by Gasteiger charge is 2.34. The van der Waals surface area contributed by atoms with Gasteiger partial charge in [0.1, 0.15) is 0 Å². The lowest BCUT2D eigenvalue weighted by Crippen LogP contribution is -2.49. The van der Waals surface area contributed by atoms with Crippen molar-refractivity contribution in [3.63, 3.8) is 0 Å². The van der Waals surface area contributed by atoms with Crippen LogP contribution in [-0.4, -0.2) is 11.7 Å². The smallest absolute Gasteiger partial charge is 0.243 e. The number of benzene rings is 6. The van der Waals surface area contributed by atoms with Gasteiger partial charge in [-0.15, -0.1) is 0 Å². The maximum Gasteiger partial charge on any atom is 0.243 e. The van der Waals surface area contributed by atoms with Gasteiger partial charge in [-0.2, -0.15) is 0 Å². The predicted molar refractivity (Wildman–Crippen MR) is 183 cm³/mol. The van der Waals surface area contributed by atoms with Crippen molar-refractivity contribution >= 4 is 23.1 Å². The van der Waals surface area contributed by atoms with E-state index in [9.17, 15) is 0 Å². The van der Waals surface area contributed by atoms with Crippen LogP contribution in [0.4, 0.5) is 0 Å². The second-order valence-corrected chi connectivity index (χ2v) is 11.2. The molecule has 200 valence electrons. The van der Waals surface area contributed by atoms with Crippen LogP contribution in [0.2, 0.25) is 0 Å². The number of fused-ring (bicyclic) bond motifs is 3. The van der Waals surface area contributed by atoms with Crippen LogP contribution < -0.4 is 16.4 Å². The highest BCUT2D eigenvalue weighted by Crippen LogP contribution is 2.32. The van der Waals surface area contributed by atoms with E-state index in [0.717, 1.165) is 22.5 Å². The van der Waals surface area contributed by atoms with Crippen molar-refractivity contribution in [3.8, 4) is 55.9 Å². The Morgan fingerprint density at radius 1 is 0.326 bits per heavy atom. The molecule has 1 aromatic heterocycles. The molecule has 1 nitrogen and oxygen atoms in total. The van der Waals surface area contributed by atoms with Gasteiger partial charge in [0.2, 0.25) is 6.71 Å². The van der Waals surface area contributed by atoms with Crippen LogP contribution >= 0.6 is 0 Å². The maximum atomic E-state index is 5.16. The Hall–Kier alpha value is -5.47. The maximum absolute atomic E-state index is 5.16. The van der Waals surface area contributed by atoms with Gasteiger partial charge in [0, 0.05) is 11.1 Å². The third-order valence-corrected chi connectivity index (χ3v) is 8.55. The Balaban J connectivity index is 1.35. The van der Waals surface area contributed by atoms with Gasteiger partial charge in [-0.1, -0.05) is 162 Å². The van der Waals surface area contributed by atoms with Crippen LogP contribution in [0.3, 0.4) is 0 Å². The molecule has 0 radical (unpaired) electrons. The zero-order valence-corrected chi connectivity index (χ0v) is 23.7. The second-order valence-electron chi connectivity index (χ2n) is 11.2. The van der Waals surface area contributed by atoms with Crippen LogP contribution in [0, 0.1) is 0 Å². The lowest BCUT2D eigenvalue weighted by atomic mass is 9.39. The van der Waals surface area contributed by atoms with Crippen LogP contribution in [0.5, 0.6) is 0 Å². The minimum Gasteiger partial charge on any atom is -0.248 e. The fourth-order valence-electron chi connectivity index (χ4n) is 6.46. The summed E-state index contributed by atoms with van der Waals surface area (Å²) in [6.07, 6.45) is 0. The van der Waals surface area contributed by atoms with E-state index in [2.05, 4.69) is 170 Å². The van der Waals surface area contributed by atoms with Gasteiger partial charge in [-0.3, -0.25) is 0 Å². The van der Waals surface area contributed by atoms with E-state index >= 15 is 0 Å². The fourth-order valence-corrected chi connectivity index (χ4v) is 6.46. The molecule has 2 heterocycles. The van der Waals surface area contributed by atoms with Gasteiger partial charge in [-0.05, 0) is 57.6 Å². The molecule has 1 aliphatic heterocycles. The van der Waals surface area contributed by atoms with Gasteiger partial charge in [0.05, 0.1) is 11.4 Å². The normalized spacial score (nSPS) is 11.7. The molecule has 0 aliphatic carbocycles. The van der Waals surface area contributed by atoms with E-state index in [-0.39, 0.29) is 6.71 Å². The van der Waals surface area contributed by atoms with Crippen LogP contribution in [0.15, 0.2) is 170 Å². The first-order chi connectivity index (χ1) is 21.3. The molecule has 0 saturated carbocycles. The molecule has 8 rings (SSSR count). The molecule has 0 bridgehead atoms. The minimum atomic E-state index is 0.104. The molecule has 0 fully saturated rings. The summed E-state index contributed by atoms with van der Waals surface area (Å²) < 4.78 is 0. The summed E-state index contributed by atoms with van der Waals surface area (Å²) in [4.78, 5) is 5.16. The van der Waals surface area contributed by atoms with Crippen molar-refractivity contribution in [3.05, 3.63) is 170 Å². The van der Waals surface area contributed by atoms with Gasteiger partial charge in [0.15, 0.2) is 0 Å². The summed E-state index contributed by atoms with van der Waals surface area (Å²) in [5.41, 5.74) is 15.7. The molecule has 43 heavy (non-hydrogen) atoms. The SMILES string of the molecule is c1ccc(-c2ccc3c(c2)-c2cc(-c4ccccc4)ccc2B3c2cc(-c3ccccc3)nc(-c3ccccc3)c2)cc1. The third kappa shape index (κ3) is 4.68. The van der Waals surface area contributed by atoms with Crippen LogP contribution in [0.25, 0.3) is 55.9 Å². The standard InChI is InChI=1S/C41H28BN/c1-5-13-29(14-6-1)33-21-23-38-36(25-33)37-26-34(30-15-7-2-8-16-30)22-24-39(37)42(38)35-27-40(31-17-9-3-10-18-31)43-41(28-35)32-19-11-4-12-20-32/h1-28H. The van der Waals surface area contributed by atoms with Crippen molar-refractivity contribution in [2.45, 2.75) is 0 Å². The highest BCUT2D eigenvalue weighted by molar-refractivity contribution is 6.99. The summed E-state index contributed by atoms with van der Waals surface area (Å²) >= 11 is 0. The lowest BCUT2D eigenvalue weighted by Gasteiger charge is -2.15. The molecule has 6 aromatic carbocycles. The van der Waals surface area contributed by atoms with Crippen molar-refractivity contribution in [2.75, 3.05) is 0 Å². The molecule has 0 N–H and O–H groups in total. The third-order valence-electron chi connectivity index (χ3n) is 8.55. The Morgan fingerprint density at radius 2 is 0.698 bits per heavy atom. The molecule has 1 aliphatic rings. The summed E-state index contributed by atoms with van der Waals surface area (Å²) in [6.45, 7) is 0.104. The molecule has 2 heteroatoms. The summed E-state index contributed by atoms with van der Waals surface area (Å²) in [5.74, 6) is 0. The number of pyridine rings is 1. The molecule has 0 amide bonds. The van der Waals surface area contributed by atoms with Gasteiger partial charge >= 0.3 is 0 Å². The zero-order valence-electron chi connectivity index (χ0n) is 23.7. The molecule has 0 spiro atoms. The summed E-state index contributed by atoms with van der Waals surface area (Å²) in [7, 11) is 0. The first kappa shape index (κ1) is 25.3. The molecular formula is C41H28BN. The van der Waals surface area contributed by atoms with Crippen molar-refractivity contribution in [1.29, 1.82) is 0 Å². The average molecular weight is 545 g/mol. The largest absolute Gasteiger partial charge is 0.248 e. The lowest BCUT2D eigenvalue weighted by molar-refractivity contribution is 1.33.